The van der Waals surface area contributed by atoms with Crippen LogP contribution < -0.4 is 0 Å². The monoisotopic (exact) mass is 442 g/mol. The van der Waals surface area contributed by atoms with Crippen LogP contribution in [0.2, 0.25) is 0 Å². The van der Waals surface area contributed by atoms with Crippen LogP contribution >= 0.6 is 23.3 Å². The Labute approximate surface area is 175 Å². The van der Waals surface area contributed by atoms with Crippen LogP contribution in [0.1, 0.15) is 16.7 Å². The van der Waals surface area contributed by atoms with Crippen LogP contribution in [0.25, 0.3) is 10.5 Å². The third-order valence-electron chi connectivity index (χ3n) is 5.13. The molecule has 0 bridgehead atoms. The number of fused-ring (bicyclic) bond motifs is 1. The van der Waals surface area contributed by atoms with E-state index in [1.165, 1.54) is 37.0 Å². The van der Waals surface area contributed by atoms with Gasteiger partial charge in [-0.3, -0.25) is 0 Å². The van der Waals surface area contributed by atoms with Crippen molar-refractivity contribution in [3.8, 4) is 0 Å². The summed E-state index contributed by atoms with van der Waals surface area (Å²) in [6.45, 7) is 0. The molecule has 0 amide bonds. The molecule has 5 rings (SSSR count). The third kappa shape index (κ3) is 2.68. The van der Waals surface area contributed by atoms with Crippen molar-refractivity contribution >= 4 is 33.8 Å². The highest BCUT2D eigenvalue weighted by Crippen LogP contribution is 2.82. The highest BCUT2D eigenvalue weighted by atomic mass is 79.9. The van der Waals surface area contributed by atoms with E-state index in [4.69, 9.17) is 0 Å². The molecular weight excluding hydrogens is 424 g/mol. The zero-order valence-corrected chi connectivity index (χ0v) is 17.7. The standard InChI is InChI=1S/C26H19BrS/c27-28(22-16-8-3-9-17-22)24-19-11-10-18-23(24)25(20-12-4-1-5-13-20)26(28)21-14-6-2-7-15-21/h1-19H. The van der Waals surface area contributed by atoms with Gasteiger partial charge in [0.15, 0.2) is 0 Å². The summed E-state index contributed by atoms with van der Waals surface area (Å²) in [6.07, 6.45) is 0. The first-order valence-electron chi connectivity index (χ1n) is 9.33. The van der Waals surface area contributed by atoms with Gasteiger partial charge in [0.2, 0.25) is 0 Å². The predicted octanol–water partition coefficient (Wildman–Crippen LogP) is 8.15. The van der Waals surface area contributed by atoms with E-state index >= 15 is 0 Å². The molecule has 1 heterocycles. The van der Waals surface area contributed by atoms with Crippen LogP contribution in [0.5, 0.6) is 0 Å². The Morgan fingerprint density at radius 1 is 0.500 bits per heavy atom. The van der Waals surface area contributed by atoms with E-state index in [9.17, 15) is 0 Å². The second-order valence-corrected chi connectivity index (χ2v) is 12.1. The van der Waals surface area contributed by atoms with Gasteiger partial charge in [-0.1, -0.05) is 106 Å². The fraction of sp³-hybridized carbons (Fsp3) is 0. The molecule has 0 aromatic heterocycles. The summed E-state index contributed by atoms with van der Waals surface area (Å²) in [7, 11) is -1.54. The average molecular weight is 443 g/mol. The van der Waals surface area contributed by atoms with E-state index in [1.54, 1.807) is 0 Å². The van der Waals surface area contributed by atoms with E-state index in [1.807, 2.05) is 0 Å². The molecule has 0 radical (unpaired) electrons. The Balaban J connectivity index is 1.92. The fourth-order valence-corrected chi connectivity index (χ4v) is 9.42. The van der Waals surface area contributed by atoms with Crippen molar-refractivity contribution in [1.82, 2.24) is 0 Å². The van der Waals surface area contributed by atoms with Gasteiger partial charge in [-0.15, -0.1) is 0 Å². The molecule has 4 aromatic rings. The number of rotatable bonds is 3. The van der Waals surface area contributed by atoms with Crippen molar-refractivity contribution in [2.24, 2.45) is 0 Å². The van der Waals surface area contributed by atoms with Crippen molar-refractivity contribution in [1.29, 1.82) is 0 Å². The molecular formula is C26H19BrS. The number of hydrogen-bond donors (Lipinski definition) is 0. The summed E-state index contributed by atoms with van der Waals surface area (Å²) in [5, 5.41) is 0. The molecule has 0 N–H and O–H groups in total. The van der Waals surface area contributed by atoms with Gasteiger partial charge in [-0.25, -0.2) is 0 Å². The maximum absolute atomic E-state index is 4.32. The molecule has 0 nitrogen and oxygen atoms in total. The highest BCUT2D eigenvalue weighted by molar-refractivity contribution is 9.59. The Morgan fingerprint density at radius 3 is 1.64 bits per heavy atom. The van der Waals surface area contributed by atoms with E-state index in [0.717, 1.165) is 0 Å². The van der Waals surface area contributed by atoms with Crippen LogP contribution in [-0.2, 0) is 0 Å². The van der Waals surface area contributed by atoms with Crippen LogP contribution in [0.15, 0.2) is 125 Å². The largest absolute Gasteiger partial charge is 0.0993 e. The lowest BCUT2D eigenvalue weighted by Gasteiger charge is -2.34. The van der Waals surface area contributed by atoms with Crippen molar-refractivity contribution in [2.75, 3.05) is 0 Å². The Hall–Kier alpha value is -2.55. The Morgan fingerprint density at radius 2 is 1.00 bits per heavy atom. The first-order valence-corrected chi connectivity index (χ1v) is 12.8. The van der Waals surface area contributed by atoms with E-state index in [0.29, 0.717) is 0 Å². The molecule has 1 aliphatic heterocycles. The summed E-state index contributed by atoms with van der Waals surface area (Å²) < 4.78 is 0. The van der Waals surface area contributed by atoms with Crippen LogP contribution in [0.4, 0.5) is 0 Å². The van der Waals surface area contributed by atoms with Crippen molar-refractivity contribution in [2.45, 2.75) is 9.79 Å². The number of halogens is 1. The van der Waals surface area contributed by atoms with E-state index < -0.39 is 8.46 Å². The van der Waals surface area contributed by atoms with Gasteiger partial charge in [0.05, 0.1) is 0 Å². The predicted molar refractivity (Wildman–Crippen MR) is 125 cm³/mol. The summed E-state index contributed by atoms with van der Waals surface area (Å²) in [5.41, 5.74) is 5.19. The molecule has 0 saturated carbocycles. The summed E-state index contributed by atoms with van der Waals surface area (Å²) in [6, 6.07) is 41.3. The van der Waals surface area contributed by atoms with Gasteiger partial charge in [0, 0.05) is 20.3 Å². The normalized spacial score (nSPS) is 20.5. The van der Waals surface area contributed by atoms with Crippen LogP contribution in [0, 0.1) is 0 Å². The molecule has 1 atom stereocenters. The first kappa shape index (κ1) is 17.5. The van der Waals surface area contributed by atoms with Crippen molar-refractivity contribution in [3.63, 3.8) is 0 Å². The molecule has 1 unspecified atom stereocenters. The second-order valence-electron chi connectivity index (χ2n) is 6.78. The highest BCUT2D eigenvalue weighted by Gasteiger charge is 2.41. The molecule has 0 aliphatic carbocycles. The average Bonchev–Trinajstić information content (AvgIpc) is 3.06. The number of benzene rings is 4. The van der Waals surface area contributed by atoms with Gasteiger partial charge >= 0.3 is 0 Å². The molecule has 0 saturated heterocycles. The molecule has 0 fully saturated rings. The number of hydrogen-bond acceptors (Lipinski definition) is 0. The molecule has 136 valence electrons. The molecule has 1 aliphatic rings. The summed E-state index contributed by atoms with van der Waals surface area (Å²) in [4.78, 5) is 4.08. The third-order valence-corrected chi connectivity index (χ3v) is 11.2. The molecule has 0 spiro atoms. The van der Waals surface area contributed by atoms with E-state index in [-0.39, 0.29) is 0 Å². The SMILES string of the molecule is BrS1(c2ccccc2)C(c2ccccc2)=C(c2ccccc2)c2ccccc21. The van der Waals surface area contributed by atoms with Gasteiger partial charge in [-0.05, 0) is 49.7 Å². The maximum Gasteiger partial charge on any atom is 0.0236 e. The fourth-order valence-electron chi connectivity index (χ4n) is 3.93. The smallest absolute Gasteiger partial charge is 0.0236 e. The Bertz CT molecular complexity index is 1150. The zero-order valence-electron chi connectivity index (χ0n) is 15.3. The topological polar surface area (TPSA) is 0 Å². The molecule has 28 heavy (non-hydrogen) atoms. The van der Waals surface area contributed by atoms with Crippen LogP contribution in [-0.4, -0.2) is 0 Å². The Kier molecular flexibility index (Phi) is 4.46. The minimum atomic E-state index is -1.54. The molecule has 2 heteroatoms. The minimum absolute atomic E-state index is 1.26. The van der Waals surface area contributed by atoms with Crippen LogP contribution in [0.3, 0.4) is 0 Å². The first-order chi connectivity index (χ1) is 13.8. The lowest BCUT2D eigenvalue weighted by Crippen LogP contribution is -1.95. The van der Waals surface area contributed by atoms with E-state index in [2.05, 4.69) is 130 Å². The lowest BCUT2D eigenvalue weighted by molar-refractivity contribution is 1.37. The van der Waals surface area contributed by atoms with Crippen molar-refractivity contribution < 1.29 is 0 Å². The van der Waals surface area contributed by atoms with Gasteiger partial charge in [0.1, 0.15) is 0 Å². The zero-order chi connectivity index (χ0) is 19.0. The summed E-state index contributed by atoms with van der Waals surface area (Å²) in [5.74, 6) is 0. The minimum Gasteiger partial charge on any atom is -0.0993 e. The quantitative estimate of drug-likeness (QED) is 0.300. The molecule has 4 aromatic carbocycles. The van der Waals surface area contributed by atoms with Gasteiger partial charge < -0.3 is 0 Å². The van der Waals surface area contributed by atoms with Crippen molar-refractivity contribution in [3.05, 3.63) is 132 Å². The van der Waals surface area contributed by atoms with Gasteiger partial charge in [-0.2, -0.15) is 0 Å². The van der Waals surface area contributed by atoms with Gasteiger partial charge in [0.25, 0.3) is 0 Å². The maximum atomic E-state index is 4.32. The second kappa shape index (κ2) is 7.12. The lowest BCUT2D eigenvalue weighted by atomic mass is 9.96. The summed E-state index contributed by atoms with van der Waals surface area (Å²) >= 11 is 4.32.